The van der Waals surface area contributed by atoms with E-state index in [2.05, 4.69) is 15.9 Å². The Morgan fingerprint density at radius 1 is 0.951 bits per heavy atom. The van der Waals surface area contributed by atoms with Gasteiger partial charge in [0.05, 0.1) is 0 Å². The number of nitrogens with zero attached hydrogens (tertiary/aromatic N) is 3. The molecule has 0 aliphatic carbocycles. The first-order chi connectivity index (χ1) is 19.9. The van der Waals surface area contributed by atoms with Crippen molar-refractivity contribution in [2.24, 2.45) is 0 Å². The van der Waals surface area contributed by atoms with E-state index >= 15 is 0 Å². The molecule has 0 spiro atoms. The van der Waals surface area contributed by atoms with Gasteiger partial charge in [-0.25, -0.2) is 0 Å². The Morgan fingerprint density at radius 2 is 1.63 bits per heavy atom. The van der Waals surface area contributed by atoms with E-state index in [-0.39, 0.29) is 18.8 Å². The molecule has 41 heavy (non-hydrogen) atoms. The van der Waals surface area contributed by atoms with Gasteiger partial charge in [-0.1, -0.05) is 6.92 Å². The summed E-state index contributed by atoms with van der Waals surface area (Å²) in [5.74, 6) is -1.05. The minimum atomic E-state index is -1.25. The zero-order chi connectivity index (χ0) is 29.2. The van der Waals surface area contributed by atoms with Gasteiger partial charge < -0.3 is 0 Å². The summed E-state index contributed by atoms with van der Waals surface area (Å²) >= 11 is 0. The van der Waals surface area contributed by atoms with Crippen molar-refractivity contribution in [3.63, 3.8) is 0 Å². The van der Waals surface area contributed by atoms with E-state index < -0.39 is 31.9 Å². The van der Waals surface area contributed by atoms with Gasteiger partial charge in [0.15, 0.2) is 0 Å². The van der Waals surface area contributed by atoms with E-state index in [4.69, 9.17) is 4.74 Å². The van der Waals surface area contributed by atoms with Crippen molar-refractivity contribution in [1.82, 2.24) is 20.1 Å². The molecule has 1 aromatic heterocycles. The number of pyridine rings is 1. The van der Waals surface area contributed by atoms with Crippen molar-refractivity contribution < 1.29 is 23.7 Å². The van der Waals surface area contributed by atoms with E-state index in [1.165, 1.54) is 4.90 Å². The van der Waals surface area contributed by atoms with Crippen LogP contribution in [0.2, 0.25) is 0 Å². The van der Waals surface area contributed by atoms with Crippen molar-refractivity contribution in [1.29, 1.82) is 0 Å². The molecular formula is C31H33N4O5P. The van der Waals surface area contributed by atoms with Crippen molar-refractivity contribution in [2.75, 3.05) is 32.8 Å². The average molecular weight is 573 g/mol. The normalized spacial score (nSPS) is 13.6. The number of rotatable bonds is 8. The summed E-state index contributed by atoms with van der Waals surface area (Å²) in [6.07, 6.45) is 1.32. The zero-order valence-electron chi connectivity index (χ0n) is 23.2. The van der Waals surface area contributed by atoms with Gasteiger partial charge in [0.1, 0.15) is 0 Å². The molecule has 2 heterocycles. The van der Waals surface area contributed by atoms with E-state index in [9.17, 15) is 18.9 Å². The molecule has 9 nitrogen and oxygen atoms in total. The number of hydrogen-bond donors (Lipinski definition) is 1. The number of aromatic nitrogens is 1. The van der Waals surface area contributed by atoms with Crippen LogP contribution in [0.3, 0.4) is 0 Å². The molecule has 2 aromatic carbocycles. The minimum absolute atomic E-state index is 0.115. The standard InChI is InChI=1S/C31H33N4O5P/c1-3-4-18-40-31(38)35-16-14-34(15-17-35)30(37)28(21-41-39)33-29(36)27-20-25(23-8-6-5-7-9-23)19-26(32-27)24-12-10-22(2)11-13-24/h5-13,19-20,28H,3-4,14-18H2,1-2H3,(H,33,36)/t28-/m0/s1. The van der Waals surface area contributed by atoms with E-state index in [0.29, 0.717) is 25.4 Å². The summed E-state index contributed by atoms with van der Waals surface area (Å²) < 4.78 is 16.7. The number of piperazine rings is 1. The van der Waals surface area contributed by atoms with Crippen molar-refractivity contribution in [3.05, 3.63) is 78.0 Å². The Balaban J connectivity index is 1.51. The molecule has 3 aromatic rings. The van der Waals surface area contributed by atoms with Crippen LogP contribution in [0.5, 0.6) is 0 Å². The van der Waals surface area contributed by atoms with Crippen LogP contribution in [0.25, 0.3) is 22.4 Å². The van der Waals surface area contributed by atoms with Crippen LogP contribution in [0.4, 0.5) is 4.79 Å². The van der Waals surface area contributed by atoms with E-state index in [1.54, 1.807) is 11.0 Å². The molecule has 212 valence electrons. The third kappa shape index (κ3) is 7.94. The summed E-state index contributed by atoms with van der Waals surface area (Å²) in [6.45, 7) is 5.48. The van der Waals surface area contributed by atoms with Gasteiger partial charge in [-0.2, -0.15) is 0 Å². The maximum atomic E-state index is 13.4. The molecule has 0 radical (unpaired) electrons. The zero-order valence-corrected chi connectivity index (χ0v) is 24.1. The molecule has 0 bridgehead atoms. The number of benzene rings is 2. The molecule has 1 fully saturated rings. The summed E-state index contributed by atoms with van der Waals surface area (Å²) in [7, 11) is -0.518. The average Bonchev–Trinajstić information content (AvgIpc) is 3.01. The predicted molar refractivity (Wildman–Crippen MR) is 157 cm³/mol. The first-order valence-electron chi connectivity index (χ1n) is 13.6. The Kier molecular flexibility index (Phi) is 10.5. The van der Waals surface area contributed by atoms with Gasteiger partial charge in [-0.3, -0.25) is 0 Å². The van der Waals surface area contributed by atoms with E-state index in [0.717, 1.165) is 35.1 Å². The van der Waals surface area contributed by atoms with Crippen molar-refractivity contribution in [2.45, 2.75) is 32.7 Å². The molecule has 0 saturated carbocycles. The number of amides is 3. The summed E-state index contributed by atoms with van der Waals surface area (Å²) in [6, 6.07) is 19.8. The van der Waals surface area contributed by atoms with Gasteiger partial charge >= 0.3 is 234 Å². The summed E-state index contributed by atoms with van der Waals surface area (Å²) in [5.41, 5.74) is 6.88. The predicted octanol–water partition coefficient (Wildman–Crippen LogP) is 5.15. The number of hydrogen-bond acceptors (Lipinski definition) is 6. The van der Waals surface area contributed by atoms with Gasteiger partial charge in [-0.05, 0) is 0 Å². The fourth-order valence-electron chi connectivity index (χ4n) is 4.41. The van der Waals surface area contributed by atoms with Gasteiger partial charge in [0.25, 0.3) is 0 Å². The SMILES string of the molecule is CCCCOC(=O)N1CCN(C(=O)[C@H](C#P=O)NC(=O)c2cc(-c3ccccc3)cc(-c3ccc(C)cc3)n2)CC1. The Bertz CT molecular complexity index is 1480. The molecule has 1 atom stereocenters. The topological polar surface area (TPSA) is 109 Å². The van der Waals surface area contributed by atoms with Gasteiger partial charge in [0, 0.05) is 0 Å². The number of unbranched alkanes of at least 4 members (excludes halogenated alkanes) is 1. The quantitative estimate of drug-likeness (QED) is 0.295. The van der Waals surface area contributed by atoms with Crippen LogP contribution in [0.15, 0.2) is 66.7 Å². The molecular weight excluding hydrogens is 539 g/mol. The number of carbonyl (C=O) groups is 3. The van der Waals surface area contributed by atoms with Crippen LogP contribution in [-0.2, 0) is 14.1 Å². The molecule has 1 saturated heterocycles. The number of carbonyl (C=O) groups excluding carboxylic acids is 3. The van der Waals surface area contributed by atoms with Crippen molar-refractivity contribution in [3.8, 4) is 28.0 Å². The fourth-order valence-corrected chi connectivity index (χ4v) is 4.69. The molecule has 1 N–H and O–H groups in total. The maximum absolute atomic E-state index is 13.4. The van der Waals surface area contributed by atoms with Gasteiger partial charge in [0.2, 0.25) is 0 Å². The second-order valence-corrected chi connectivity index (χ2v) is 10.2. The van der Waals surface area contributed by atoms with Crippen LogP contribution >= 0.6 is 7.92 Å². The first-order valence-corrected chi connectivity index (χ1v) is 14.4. The van der Waals surface area contributed by atoms with Crippen molar-refractivity contribution >= 4 is 25.8 Å². The van der Waals surface area contributed by atoms with E-state index in [1.807, 2.05) is 74.5 Å². The Labute approximate surface area is 241 Å². The Hall–Kier alpha value is -4.19. The van der Waals surface area contributed by atoms with Crippen LogP contribution in [0, 0.1) is 12.6 Å². The second kappa shape index (κ2) is 14.4. The molecule has 0 unspecified atom stereocenters. The van der Waals surface area contributed by atoms with Crippen LogP contribution in [-0.4, -0.2) is 71.5 Å². The molecule has 1 aliphatic rings. The third-order valence-corrected chi connectivity index (χ3v) is 7.15. The number of nitrogens with one attached hydrogen (secondary N) is 1. The number of ether oxygens (including phenoxy) is 1. The monoisotopic (exact) mass is 572 g/mol. The fraction of sp³-hybridized carbons (Fsp3) is 0.323. The van der Waals surface area contributed by atoms with Crippen LogP contribution < -0.4 is 5.32 Å². The van der Waals surface area contributed by atoms with Crippen LogP contribution in [0.1, 0.15) is 35.8 Å². The van der Waals surface area contributed by atoms with Gasteiger partial charge in [-0.15, -0.1) is 0 Å². The number of aryl methyl sites for hydroxylation is 1. The Morgan fingerprint density at radius 3 is 2.29 bits per heavy atom. The second-order valence-electron chi connectivity index (χ2n) is 9.77. The molecule has 1 aliphatic heterocycles. The first kappa shape index (κ1) is 29.8. The molecule has 4 rings (SSSR count). The molecule has 10 heteroatoms. The third-order valence-electron chi connectivity index (χ3n) is 6.79. The summed E-state index contributed by atoms with van der Waals surface area (Å²) in [5, 5.41) is 2.65. The molecule has 3 amide bonds. The summed E-state index contributed by atoms with van der Waals surface area (Å²) in [4.78, 5) is 46.7.